The number of thiazole rings is 1. The summed E-state index contributed by atoms with van der Waals surface area (Å²) in [6.07, 6.45) is 0.607. The molecule has 1 saturated heterocycles. The Hall–Kier alpha value is -0.490. The van der Waals surface area contributed by atoms with Gasteiger partial charge in [0.2, 0.25) is 0 Å². The summed E-state index contributed by atoms with van der Waals surface area (Å²) in [4.78, 5) is 5.69. The molecule has 0 aliphatic carbocycles. The number of aliphatic hydroxyl groups is 1. The standard InChI is InChI=1S/C13H22N2O2S/c1-8(12-9(2)15-11(4)18-12)14-7-13(16)5-6-17-10(13)3/h8,10,14,16H,5-7H2,1-4H3. The number of hydrogen-bond acceptors (Lipinski definition) is 5. The molecule has 18 heavy (non-hydrogen) atoms. The van der Waals surface area contributed by atoms with E-state index in [1.165, 1.54) is 4.88 Å². The number of hydrogen-bond donors (Lipinski definition) is 2. The molecule has 3 atom stereocenters. The fourth-order valence-corrected chi connectivity index (χ4v) is 3.33. The van der Waals surface area contributed by atoms with Crippen molar-refractivity contribution >= 4 is 11.3 Å². The van der Waals surface area contributed by atoms with Gasteiger partial charge in [-0.2, -0.15) is 0 Å². The van der Waals surface area contributed by atoms with Gasteiger partial charge in [0.1, 0.15) is 5.60 Å². The van der Waals surface area contributed by atoms with Crippen molar-refractivity contribution in [2.75, 3.05) is 13.2 Å². The van der Waals surface area contributed by atoms with Crippen LogP contribution >= 0.6 is 11.3 Å². The molecule has 1 aliphatic rings. The highest BCUT2D eigenvalue weighted by atomic mass is 32.1. The number of rotatable bonds is 4. The molecule has 2 rings (SSSR count). The molecule has 0 saturated carbocycles. The number of nitrogens with zero attached hydrogens (tertiary/aromatic N) is 1. The smallest absolute Gasteiger partial charge is 0.105 e. The lowest BCUT2D eigenvalue weighted by atomic mass is 9.96. The Kier molecular flexibility index (Phi) is 4.06. The Morgan fingerprint density at radius 2 is 2.33 bits per heavy atom. The minimum atomic E-state index is -0.734. The average Bonchev–Trinajstić information content (AvgIpc) is 2.80. The van der Waals surface area contributed by atoms with Crippen LogP contribution in [0.25, 0.3) is 0 Å². The lowest BCUT2D eigenvalue weighted by molar-refractivity contribution is -0.0274. The van der Waals surface area contributed by atoms with Crippen LogP contribution in [0.15, 0.2) is 0 Å². The Morgan fingerprint density at radius 1 is 1.61 bits per heavy atom. The first-order valence-corrected chi connectivity index (χ1v) is 7.25. The summed E-state index contributed by atoms with van der Waals surface area (Å²) in [6.45, 7) is 9.31. The summed E-state index contributed by atoms with van der Waals surface area (Å²) in [5.41, 5.74) is 0.349. The molecule has 0 bridgehead atoms. The molecule has 2 heterocycles. The summed E-state index contributed by atoms with van der Waals surface area (Å²) >= 11 is 1.72. The Labute approximate surface area is 112 Å². The van der Waals surface area contributed by atoms with Crippen molar-refractivity contribution in [2.45, 2.75) is 51.9 Å². The van der Waals surface area contributed by atoms with Gasteiger partial charge < -0.3 is 15.2 Å². The molecule has 5 heteroatoms. The minimum absolute atomic E-state index is 0.0958. The summed E-state index contributed by atoms with van der Waals surface area (Å²) in [5, 5.41) is 14.9. The SMILES string of the molecule is Cc1nc(C)c(C(C)NCC2(O)CCOC2C)s1. The fourth-order valence-electron chi connectivity index (χ4n) is 2.37. The highest BCUT2D eigenvalue weighted by Crippen LogP contribution is 2.28. The van der Waals surface area contributed by atoms with E-state index in [1.807, 2.05) is 20.8 Å². The Balaban J connectivity index is 1.96. The van der Waals surface area contributed by atoms with Gasteiger partial charge in [0.05, 0.1) is 16.8 Å². The number of aromatic nitrogens is 1. The van der Waals surface area contributed by atoms with Gasteiger partial charge in [-0.05, 0) is 27.7 Å². The van der Waals surface area contributed by atoms with Crippen LogP contribution in [0.3, 0.4) is 0 Å². The summed E-state index contributed by atoms with van der Waals surface area (Å²) in [6, 6.07) is 0.216. The molecule has 1 aliphatic heterocycles. The Morgan fingerprint density at radius 3 is 2.83 bits per heavy atom. The number of ether oxygens (including phenoxy) is 1. The lowest BCUT2D eigenvalue weighted by Gasteiger charge is -2.28. The fraction of sp³-hybridized carbons (Fsp3) is 0.769. The second kappa shape index (κ2) is 5.25. The predicted molar refractivity (Wildman–Crippen MR) is 73.0 cm³/mol. The maximum absolute atomic E-state index is 10.4. The quantitative estimate of drug-likeness (QED) is 0.878. The van der Waals surface area contributed by atoms with Crippen molar-refractivity contribution in [2.24, 2.45) is 0 Å². The third-order valence-corrected chi connectivity index (χ3v) is 4.96. The highest BCUT2D eigenvalue weighted by Gasteiger charge is 2.39. The molecule has 0 radical (unpaired) electrons. The zero-order valence-corrected chi connectivity index (χ0v) is 12.3. The van der Waals surface area contributed by atoms with Crippen molar-refractivity contribution in [3.8, 4) is 0 Å². The first-order chi connectivity index (χ1) is 8.42. The molecule has 0 aromatic carbocycles. The van der Waals surface area contributed by atoms with E-state index in [0.29, 0.717) is 19.6 Å². The van der Waals surface area contributed by atoms with E-state index in [2.05, 4.69) is 17.2 Å². The van der Waals surface area contributed by atoms with Crippen molar-refractivity contribution in [3.05, 3.63) is 15.6 Å². The maximum atomic E-state index is 10.4. The average molecular weight is 270 g/mol. The van der Waals surface area contributed by atoms with Gasteiger partial charge in [0.25, 0.3) is 0 Å². The van der Waals surface area contributed by atoms with Gasteiger partial charge in [0, 0.05) is 30.5 Å². The van der Waals surface area contributed by atoms with Crippen LogP contribution in [0.2, 0.25) is 0 Å². The predicted octanol–water partition coefficient (Wildman–Crippen LogP) is 1.95. The van der Waals surface area contributed by atoms with Crippen LogP contribution in [0.1, 0.15) is 41.9 Å². The molecule has 4 nitrogen and oxygen atoms in total. The van der Waals surface area contributed by atoms with Crippen LogP contribution in [-0.2, 0) is 4.74 Å². The molecular formula is C13H22N2O2S. The van der Waals surface area contributed by atoms with Crippen LogP contribution in [0.5, 0.6) is 0 Å². The van der Waals surface area contributed by atoms with Crippen LogP contribution in [-0.4, -0.2) is 34.9 Å². The molecule has 2 N–H and O–H groups in total. The van der Waals surface area contributed by atoms with Gasteiger partial charge >= 0.3 is 0 Å². The molecule has 102 valence electrons. The van der Waals surface area contributed by atoms with Crippen LogP contribution in [0.4, 0.5) is 0 Å². The Bertz CT molecular complexity index is 421. The first kappa shape index (κ1) is 13.9. The monoisotopic (exact) mass is 270 g/mol. The normalized spacial score (nSPS) is 29.7. The zero-order chi connectivity index (χ0) is 13.3. The van der Waals surface area contributed by atoms with Gasteiger partial charge in [-0.1, -0.05) is 0 Å². The van der Waals surface area contributed by atoms with E-state index in [-0.39, 0.29) is 12.1 Å². The molecular weight excluding hydrogens is 248 g/mol. The lowest BCUT2D eigenvalue weighted by Crippen LogP contribution is -2.46. The van der Waals surface area contributed by atoms with Gasteiger partial charge in [-0.15, -0.1) is 11.3 Å². The second-order valence-electron chi connectivity index (χ2n) is 5.15. The first-order valence-electron chi connectivity index (χ1n) is 6.43. The van der Waals surface area contributed by atoms with Crippen molar-refractivity contribution in [3.63, 3.8) is 0 Å². The van der Waals surface area contributed by atoms with Gasteiger partial charge in [-0.3, -0.25) is 0 Å². The van der Waals surface area contributed by atoms with Crippen LogP contribution < -0.4 is 5.32 Å². The highest BCUT2D eigenvalue weighted by molar-refractivity contribution is 7.11. The van der Waals surface area contributed by atoms with E-state index in [0.717, 1.165) is 10.7 Å². The van der Waals surface area contributed by atoms with E-state index >= 15 is 0 Å². The molecule has 3 unspecified atom stereocenters. The molecule has 0 amide bonds. The minimum Gasteiger partial charge on any atom is -0.386 e. The molecule has 0 spiro atoms. The van der Waals surface area contributed by atoms with Gasteiger partial charge in [0.15, 0.2) is 0 Å². The topological polar surface area (TPSA) is 54.4 Å². The second-order valence-corrected chi connectivity index (χ2v) is 6.39. The number of nitrogens with one attached hydrogen (secondary N) is 1. The van der Waals surface area contributed by atoms with E-state index in [9.17, 15) is 5.11 Å². The summed E-state index contributed by atoms with van der Waals surface area (Å²) in [5.74, 6) is 0. The third kappa shape index (κ3) is 2.74. The third-order valence-electron chi connectivity index (χ3n) is 3.71. The van der Waals surface area contributed by atoms with Crippen molar-refractivity contribution in [1.82, 2.24) is 10.3 Å². The maximum Gasteiger partial charge on any atom is 0.105 e. The number of aryl methyl sites for hydroxylation is 2. The van der Waals surface area contributed by atoms with Crippen molar-refractivity contribution in [1.29, 1.82) is 0 Å². The molecule has 1 aromatic heterocycles. The van der Waals surface area contributed by atoms with Crippen LogP contribution in [0, 0.1) is 13.8 Å². The zero-order valence-electron chi connectivity index (χ0n) is 11.5. The van der Waals surface area contributed by atoms with E-state index in [4.69, 9.17) is 4.74 Å². The largest absolute Gasteiger partial charge is 0.386 e. The molecule has 1 aromatic rings. The van der Waals surface area contributed by atoms with E-state index < -0.39 is 5.60 Å². The van der Waals surface area contributed by atoms with E-state index in [1.54, 1.807) is 11.3 Å². The molecule has 1 fully saturated rings. The van der Waals surface area contributed by atoms with Crippen molar-refractivity contribution < 1.29 is 9.84 Å². The van der Waals surface area contributed by atoms with Gasteiger partial charge in [-0.25, -0.2) is 4.98 Å². The summed E-state index contributed by atoms with van der Waals surface area (Å²) < 4.78 is 5.43. The summed E-state index contributed by atoms with van der Waals surface area (Å²) in [7, 11) is 0.